The van der Waals surface area contributed by atoms with Crippen LogP contribution in [0.2, 0.25) is 0 Å². The maximum atomic E-state index is 11.7. The molecule has 1 aromatic rings. The van der Waals surface area contributed by atoms with Gasteiger partial charge in [0.15, 0.2) is 0 Å². The van der Waals surface area contributed by atoms with E-state index in [0.29, 0.717) is 19.4 Å². The van der Waals surface area contributed by atoms with Crippen LogP contribution < -0.4 is 11.1 Å². The Balaban J connectivity index is 2.36. The van der Waals surface area contributed by atoms with E-state index in [4.69, 9.17) is 10.5 Å². The summed E-state index contributed by atoms with van der Waals surface area (Å²) in [5, 5.41) is 2.86. The Morgan fingerprint density at radius 1 is 1.39 bits per heavy atom. The first-order valence-electron chi connectivity index (χ1n) is 6.10. The zero-order chi connectivity index (χ0) is 13.6. The van der Waals surface area contributed by atoms with Crippen molar-refractivity contribution in [3.05, 3.63) is 29.8 Å². The second kappa shape index (κ2) is 6.40. The minimum absolute atomic E-state index is 0.0170. The number of amides is 1. The van der Waals surface area contributed by atoms with Gasteiger partial charge in [-0.15, -0.1) is 0 Å². The molecule has 0 fully saturated rings. The normalized spacial score (nSPS) is 11.3. The molecule has 4 nitrogen and oxygen atoms in total. The fourth-order valence-electron chi connectivity index (χ4n) is 1.48. The Morgan fingerprint density at radius 2 is 2.06 bits per heavy atom. The van der Waals surface area contributed by atoms with Gasteiger partial charge in [0.25, 0.3) is 0 Å². The van der Waals surface area contributed by atoms with Gasteiger partial charge < -0.3 is 15.8 Å². The number of nitrogens with two attached hydrogens (primary N) is 1. The molecule has 0 heterocycles. The SMILES string of the molecule is COC(C)(C)CNC(=O)CCc1ccccc1N. The molecule has 100 valence electrons. The molecule has 0 aliphatic carbocycles. The molecule has 1 rings (SSSR count). The Kier molecular flexibility index (Phi) is 5.16. The summed E-state index contributed by atoms with van der Waals surface area (Å²) in [5.74, 6) is 0.0170. The van der Waals surface area contributed by atoms with E-state index in [1.54, 1.807) is 7.11 Å². The summed E-state index contributed by atoms with van der Waals surface area (Å²) in [6.45, 7) is 4.37. The van der Waals surface area contributed by atoms with Crippen LogP contribution in [0.4, 0.5) is 5.69 Å². The lowest BCUT2D eigenvalue weighted by molar-refractivity contribution is -0.122. The second-order valence-corrected chi connectivity index (χ2v) is 4.94. The van der Waals surface area contributed by atoms with Gasteiger partial charge in [0, 0.05) is 25.8 Å². The number of aryl methyl sites for hydroxylation is 1. The van der Waals surface area contributed by atoms with Crippen molar-refractivity contribution in [2.24, 2.45) is 0 Å². The number of para-hydroxylation sites is 1. The van der Waals surface area contributed by atoms with E-state index in [9.17, 15) is 4.79 Å². The summed E-state index contributed by atoms with van der Waals surface area (Å²) >= 11 is 0. The van der Waals surface area contributed by atoms with E-state index < -0.39 is 0 Å². The summed E-state index contributed by atoms with van der Waals surface area (Å²) in [4.78, 5) is 11.7. The largest absolute Gasteiger partial charge is 0.399 e. The quantitative estimate of drug-likeness (QED) is 0.756. The lowest BCUT2D eigenvalue weighted by Gasteiger charge is -2.23. The van der Waals surface area contributed by atoms with Crippen molar-refractivity contribution in [1.29, 1.82) is 0 Å². The van der Waals surface area contributed by atoms with Crippen LogP contribution in [-0.2, 0) is 16.0 Å². The van der Waals surface area contributed by atoms with Gasteiger partial charge in [-0.05, 0) is 31.9 Å². The second-order valence-electron chi connectivity index (χ2n) is 4.94. The van der Waals surface area contributed by atoms with Gasteiger partial charge in [0.2, 0.25) is 5.91 Å². The minimum Gasteiger partial charge on any atom is -0.399 e. The number of methoxy groups -OCH3 is 1. The third kappa shape index (κ3) is 4.75. The van der Waals surface area contributed by atoms with Crippen LogP contribution in [0.3, 0.4) is 0 Å². The van der Waals surface area contributed by atoms with Crippen molar-refractivity contribution >= 4 is 11.6 Å². The summed E-state index contributed by atoms with van der Waals surface area (Å²) in [5.41, 5.74) is 7.24. The molecule has 18 heavy (non-hydrogen) atoms. The first-order valence-corrected chi connectivity index (χ1v) is 6.10. The zero-order valence-corrected chi connectivity index (χ0v) is 11.3. The molecule has 0 unspecified atom stereocenters. The highest BCUT2D eigenvalue weighted by atomic mass is 16.5. The standard InChI is InChI=1S/C14H22N2O2/c1-14(2,18-3)10-16-13(17)9-8-11-6-4-5-7-12(11)15/h4-7H,8-10,15H2,1-3H3,(H,16,17). The number of nitrogens with one attached hydrogen (secondary N) is 1. The number of carbonyl (C=O) groups excluding carboxylic acids is 1. The molecule has 4 heteroatoms. The first-order chi connectivity index (χ1) is 8.44. The summed E-state index contributed by atoms with van der Waals surface area (Å²) in [6, 6.07) is 7.61. The lowest BCUT2D eigenvalue weighted by Crippen LogP contribution is -2.39. The molecule has 1 aromatic carbocycles. The fourth-order valence-corrected chi connectivity index (χ4v) is 1.48. The Morgan fingerprint density at radius 3 is 2.67 bits per heavy atom. The molecule has 0 radical (unpaired) electrons. The predicted octanol–water partition coefficient (Wildman–Crippen LogP) is 1.74. The van der Waals surface area contributed by atoms with Crippen LogP contribution in [-0.4, -0.2) is 25.2 Å². The number of hydrogen-bond donors (Lipinski definition) is 2. The van der Waals surface area contributed by atoms with Crippen molar-refractivity contribution in [2.45, 2.75) is 32.3 Å². The number of benzene rings is 1. The van der Waals surface area contributed by atoms with Crippen molar-refractivity contribution in [1.82, 2.24) is 5.32 Å². The summed E-state index contributed by atoms with van der Waals surface area (Å²) in [6.07, 6.45) is 1.10. The average molecular weight is 250 g/mol. The molecule has 3 N–H and O–H groups in total. The molecule has 1 amide bonds. The van der Waals surface area contributed by atoms with E-state index in [0.717, 1.165) is 11.3 Å². The van der Waals surface area contributed by atoms with Gasteiger partial charge in [-0.2, -0.15) is 0 Å². The van der Waals surface area contributed by atoms with Gasteiger partial charge in [-0.25, -0.2) is 0 Å². The van der Waals surface area contributed by atoms with Crippen LogP contribution in [0, 0.1) is 0 Å². The smallest absolute Gasteiger partial charge is 0.220 e. The van der Waals surface area contributed by atoms with Crippen molar-refractivity contribution < 1.29 is 9.53 Å². The van der Waals surface area contributed by atoms with Crippen LogP contribution in [0.15, 0.2) is 24.3 Å². The van der Waals surface area contributed by atoms with E-state index >= 15 is 0 Å². The van der Waals surface area contributed by atoms with Gasteiger partial charge in [-0.1, -0.05) is 18.2 Å². The highest BCUT2D eigenvalue weighted by molar-refractivity contribution is 5.76. The lowest BCUT2D eigenvalue weighted by atomic mass is 10.1. The molecule has 0 bridgehead atoms. The monoisotopic (exact) mass is 250 g/mol. The molecule has 0 saturated heterocycles. The molecule has 0 aliphatic heterocycles. The molecule has 0 aromatic heterocycles. The van der Waals surface area contributed by atoms with Crippen LogP contribution in [0.25, 0.3) is 0 Å². The molecular weight excluding hydrogens is 228 g/mol. The van der Waals surface area contributed by atoms with Crippen LogP contribution in [0.1, 0.15) is 25.8 Å². The Labute approximate surface area is 109 Å². The fraction of sp³-hybridized carbons (Fsp3) is 0.500. The predicted molar refractivity (Wildman–Crippen MR) is 73.3 cm³/mol. The minimum atomic E-state index is -0.332. The maximum Gasteiger partial charge on any atom is 0.220 e. The molecule has 0 atom stereocenters. The highest BCUT2D eigenvalue weighted by Gasteiger charge is 2.17. The maximum absolute atomic E-state index is 11.7. The van der Waals surface area contributed by atoms with E-state index in [2.05, 4.69) is 5.32 Å². The van der Waals surface area contributed by atoms with Crippen molar-refractivity contribution in [2.75, 3.05) is 19.4 Å². The number of hydrogen-bond acceptors (Lipinski definition) is 3. The number of carbonyl (C=O) groups is 1. The van der Waals surface area contributed by atoms with Gasteiger partial charge in [0.1, 0.15) is 0 Å². The molecular formula is C14H22N2O2. The van der Waals surface area contributed by atoms with Gasteiger partial charge >= 0.3 is 0 Å². The van der Waals surface area contributed by atoms with E-state index in [1.807, 2.05) is 38.1 Å². The van der Waals surface area contributed by atoms with Crippen molar-refractivity contribution in [3.8, 4) is 0 Å². The Hall–Kier alpha value is -1.55. The third-order valence-corrected chi connectivity index (χ3v) is 2.94. The molecule has 0 spiro atoms. The van der Waals surface area contributed by atoms with Gasteiger partial charge in [-0.3, -0.25) is 4.79 Å². The van der Waals surface area contributed by atoms with E-state index in [-0.39, 0.29) is 11.5 Å². The average Bonchev–Trinajstić information content (AvgIpc) is 2.35. The Bertz CT molecular complexity index is 403. The van der Waals surface area contributed by atoms with Gasteiger partial charge in [0.05, 0.1) is 5.60 Å². The number of rotatable bonds is 6. The molecule has 0 saturated carbocycles. The summed E-state index contributed by atoms with van der Waals surface area (Å²) in [7, 11) is 1.64. The topological polar surface area (TPSA) is 64.3 Å². The number of anilines is 1. The third-order valence-electron chi connectivity index (χ3n) is 2.94. The van der Waals surface area contributed by atoms with E-state index in [1.165, 1.54) is 0 Å². The highest BCUT2D eigenvalue weighted by Crippen LogP contribution is 2.12. The molecule has 0 aliphatic rings. The van der Waals surface area contributed by atoms with Crippen LogP contribution >= 0.6 is 0 Å². The van der Waals surface area contributed by atoms with Crippen molar-refractivity contribution in [3.63, 3.8) is 0 Å². The number of ether oxygens (including phenoxy) is 1. The number of nitrogen functional groups attached to an aromatic ring is 1. The zero-order valence-electron chi connectivity index (χ0n) is 11.3. The first kappa shape index (κ1) is 14.5. The van der Waals surface area contributed by atoms with Crippen LogP contribution in [0.5, 0.6) is 0 Å². The summed E-state index contributed by atoms with van der Waals surface area (Å²) < 4.78 is 5.24.